The minimum Gasteiger partial charge on any atom is -0.383 e. The second-order valence-corrected chi connectivity index (χ2v) is 7.33. The maximum absolute atomic E-state index is 12.1. The fourth-order valence-electron chi connectivity index (χ4n) is 3.79. The monoisotopic (exact) mass is 394 g/mol. The smallest absolute Gasteiger partial charge is 0.273 e. The predicted octanol–water partition coefficient (Wildman–Crippen LogP) is 2.04. The summed E-state index contributed by atoms with van der Waals surface area (Å²) in [6.45, 7) is 3.82. The molecule has 29 heavy (non-hydrogen) atoms. The van der Waals surface area contributed by atoms with E-state index in [4.69, 9.17) is 4.74 Å². The minimum absolute atomic E-state index is 0.213. The van der Waals surface area contributed by atoms with Crippen LogP contribution in [-0.4, -0.2) is 64.1 Å². The van der Waals surface area contributed by atoms with Gasteiger partial charge in [-0.1, -0.05) is 23.4 Å². The number of pyridine rings is 1. The zero-order chi connectivity index (χ0) is 20.1. The van der Waals surface area contributed by atoms with Gasteiger partial charge in [0.1, 0.15) is 0 Å². The molecule has 0 bridgehead atoms. The van der Waals surface area contributed by atoms with Gasteiger partial charge in [-0.05, 0) is 30.5 Å². The number of nitrogens with one attached hydrogen (secondary N) is 1. The van der Waals surface area contributed by atoms with Crippen LogP contribution in [0.25, 0.3) is 10.9 Å². The average Bonchev–Trinajstić information content (AvgIpc) is 3.25. The van der Waals surface area contributed by atoms with Crippen molar-refractivity contribution in [2.24, 2.45) is 0 Å². The largest absolute Gasteiger partial charge is 0.383 e. The molecule has 0 unspecified atom stereocenters. The van der Waals surface area contributed by atoms with E-state index < -0.39 is 0 Å². The van der Waals surface area contributed by atoms with Gasteiger partial charge in [0.25, 0.3) is 5.91 Å². The van der Waals surface area contributed by atoms with E-state index in [1.807, 2.05) is 16.9 Å². The number of para-hydroxylation sites is 1. The first kappa shape index (κ1) is 19.5. The highest BCUT2D eigenvalue weighted by Crippen LogP contribution is 2.24. The number of nitrogens with zero attached hydrogens (tertiary/aromatic N) is 5. The molecule has 152 valence electrons. The first-order valence-electron chi connectivity index (χ1n) is 9.98. The summed E-state index contributed by atoms with van der Waals surface area (Å²) in [6.07, 6.45) is 5.60. The summed E-state index contributed by atoms with van der Waals surface area (Å²) in [6, 6.07) is 10.7. The molecular formula is C21H26N6O2. The Bertz CT molecular complexity index is 959. The third-order valence-electron chi connectivity index (χ3n) is 5.40. The highest BCUT2D eigenvalue weighted by atomic mass is 16.5. The van der Waals surface area contributed by atoms with Crippen LogP contribution in [0.2, 0.25) is 0 Å². The fraction of sp³-hybridized carbons (Fsp3) is 0.429. The van der Waals surface area contributed by atoms with Crippen molar-refractivity contribution in [3.8, 4) is 0 Å². The molecule has 0 spiro atoms. The molecule has 8 nitrogen and oxygen atoms in total. The van der Waals surface area contributed by atoms with Gasteiger partial charge in [-0.25, -0.2) is 4.68 Å². The summed E-state index contributed by atoms with van der Waals surface area (Å²) in [5.41, 5.74) is 2.70. The zero-order valence-corrected chi connectivity index (χ0v) is 16.6. The molecule has 3 aromatic rings. The summed E-state index contributed by atoms with van der Waals surface area (Å²) in [5, 5.41) is 12.2. The number of hydrogen-bond acceptors (Lipinski definition) is 6. The van der Waals surface area contributed by atoms with Crippen molar-refractivity contribution >= 4 is 16.8 Å². The molecule has 2 aromatic heterocycles. The van der Waals surface area contributed by atoms with E-state index in [1.54, 1.807) is 13.3 Å². The summed E-state index contributed by atoms with van der Waals surface area (Å²) in [4.78, 5) is 19.0. The van der Waals surface area contributed by atoms with Crippen LogP contribution in [-0.2, 0) is 11.3 Å². The quantitative estimate of drug-likeness (QED) is 0.618. The van der Waals surface area contributed by atoms with Crippen LogP contribution in [0.4, 0.5) is 0 Å². The van der Waals surface area contributed by atoms with Crippen LogP contribution in [0.5, 0.6) is 0 Å². The predicted molar refractivity (Wildman–Crippen MR) is 110 cm³/mol. The molecule has 4 rings (SSSR count). The van der Waals surface area contributed by atoms with Crippen LogP contribution in [0.1, 0.15) is 34.9 Å². The highest BCUT2D eigenvalue weighted by Gasteiger charge is 2.23. The third kappa shape index (κ3) is 4.60. The topological polar surface area (TPSA) is 85.2 Å². The lowest BCUT2D eigenvalue weighted by Gasteiger charge is -2.32. The number of benzene rings is 1. The Balaban J connectivity index is 1.33. The molecule has 3 heterocycles. The van der Waals surface area contributed by atoms with Crippen molar-refractivity contribution in [3.05, 3.63) is 54.0 Å². The number of fused-ring (bicyclic) bond motifs is 1. The van der Waals surface area contributed by atoms with Gasteiger partial charge < -0.3 is 10.1 Å². The molecule has 1 amide bonds. The normalized spacial score (nSPS) is 15.6. The highest BCUT2D eigenvalue weighted by molar-refractivity contribution is 5.91. The van der Waals surface area contributed by atoms with E-state index >= 15 is 0 Å². The van der Waals surface area contributed by atoms with E-state index in [9.17, 15) is 4.79 Å². The van der Waals surface area contributed by atoms with Crippen molar-refractivity contribution in [1.29, 1.82) is 0 Å². The number of hydrogen-bond donors (Lipinski definition) is 1. The van der Waals surface area contributed by atoms with Gasteiger partial charge in [0.2, 0.25) is 0 Å². The van der Waals surface area contributed by atoms with Crippen molar-refractivity contribution in [2.75, 3.05) is 33.4 Å². The number of carbonyl (C=O) groups excluding carboxylic acids is 1. The third-order valence-corrected chi connectivity index (χ3v) is 5.40. The average molecular weight is 394 g/mol. The number of rotatable bonds is 7. The van der Waals surface area contributed by atoms with Crippen LogP contribution in [0, 0.1) is 0 Å². The molecule has 0 radical (unpaired) electrons. The van der Waals surface area contributed by atoms with Gasteiger partial charge >= 0.3 is 0 Å². The Hall–Kier alpha value is -2.84. The fourth-order valence-corrected chi connectivity index (χ4v) is 3.79. The van der Waals surface area contributed by atoms with E-state index in [1.165, 1.54) is 10.9 Å². The van der Waals surface area contributed by atoms with Gasteiger partial charge in [-0.15, -0.1) is 5.10 Å². The number of carbonyl (C=O) groups is 1. The van der Waals surface area contributed by atoms with Crippen LogP contribution in [0.15, 0.2) is 42.7 Å². The number of methoxy groups -OCH3 is 1. The van der Waals surface area contributed by atoms with E-state index in [0.29, 0.717) is 18.8 Å². The van der Waals surface area contributed by atoms with Gasteiger partial charge in [-0.2, -0.15) is 0 Å². The van der Waals surface area contributed by atoms with Crippen molar-refractivity contribution in [1.82, 2.24) is 30.2 Å². The number of ether oxygens (including phenoxy) is 1. The molecule has 1 aliphatic heterocycles. The second kappa shape index (κ2) is 9.11. The van der Waals surface area contributed by atoms with Gasteiger partial charge in [0.15, 0.2) is 5.69 Å². The molecule has 0 atom stereocenters. The zero-order valence-electron chi connectivity index (χ0n) is 16.6. The summed E-state index contributed by atoms with van der Waals surface area (Å²) in [7, 11) is 1.60. The summed E-state index contributed by atoms with van der Waals surface area (Å²) in [5.74, 6) is -0.213. The Labute approximate surface area is 169 Å². The SMILES string of the molecule is COCCNC(=O)c1cn(C2CCN(Cc3ccnc4ccccc34)CC2)nn1. The second-order valence-electron chi connectivity index (χ2n) is 7.33. The Kier molecular flexibility index (Phi) is 6.12. The number of amides is 1. The Morgan fingerprint density at radius 3 is 2.90 bits per heavy atom. The van der Waals surface area contributed by atoms with E-state index in [0.717, 1.165) is 38.0 Å². The Morgan fingerprint density at radius 1 is 1.24 bits per heavy atom. The van der Waals surface area contributed by atoms with Crippen LogP contribution in [0.3, 0.4) is 0 Å². The molecule has 1 aromatic carbocycles. The standard InChI is InChI=1S/C21H26N6O2/c1-29-13-10-23-21(28)20-15-27(25-24-20)17-7-11-26(12-8-17)14-16-6-9-22-19-5-3-2-4-18(16)19/h2-6,9,15,17H,7-8,10-14H2,1H3,(H,23,28). The molecular weight excluding hydrogens is 368 g/mol. The lowest BCUT2D eigenvalue weighted by Crippen LogP contribution is -2.34. The van der Waals surface area contributed by atoms with Crippen molar-refractivity contribution in [3.63, 3.8) is 0 Å². The van der Waals surface area contributed by atoms with E-state index in [2.05, 4.69) is 49.8 Å². The molecule has 1 fully saturated rings. The van der Waals surface area contributed by atoms with Crippen molar-refractivity contribution < 1.29 is 9.53 Å². The van der Waals surface area contributed by atoms with Crippen LogP contribution < -0.4 is 5.32 Å². The van der Waals surface area contributed by atoms with Gasteiger partial charge in [0.05, 0.1) is 24.4 Å². The summed E-state index contributed by atoms with van der Waals surface area (Å²) < 4.78 is 6.78. The summed E-state index contributed by atoms with van der Waals surface area (Å²) >= 11 is 0. The first-order chi connectivity index (χ1) is 14.2. The molecule has 1 N–H and O–H groups in total. The van der Waals surface area contributed by atoms with Gasteiger partial charge in [-0.3, -0.25) is 14.7 Å². The number of piperidine rings is 1. The maximum atomic E-state index is 12.1. The number of aromatic nitrogens is 4. The molecule has 1 saturated heterocycles. The number of likely N-dealkylation sites (tertiary alicyclic amines) is 1. The Morgan fingerprint density at radius 2 is 2.07 bits per heavy atom. The van der Waals surface area contributed by atoms with Crippen molar-refractivity contribution in [2.45, 2.75) is 25.4 Å². The van der Waals surface area contributed by atoms with E-state index in [-0.39, 0.29) is 11.9 Å². The maximum Gasteiger partial charge on any atom is 0.273 e. The molecule has 0 aliphatic carbocycles. The lowest BCUT2D eigenvalue weighted by molar-refractivity contribution is 0.0932. The minimum atomic E-state index is -0.213. The first-order valence-corrected chi connectivity index (χ1v) is 9.98. The molecule has 0 saturated carbocycles. The molecule has 1 aliphatic rings. The van der Waals surface area contributed by atoms with Crippen LogP contribution >= 0.6 is 0 Å². The lowest BCUT2D eigenvalue weighted by atomic mass is 10.0. The van der Waals surface area contributed by atoms with Gasteiger partial charge in [0, 0.05) is 44.9 Å². The molecule has 8 heteroatoms.